The summed E-state index contributed by atoms with van der Waals surface area (Å²) in [5, 5.41) is 8.40. The fraction of sp³-hybridized carbons (Fsp3) is 0.222. The molecule has 82 valence electrons. The van der Waals surface area contributed by atoms with Crippen LogP contribution in [0.3, 0.4) is 0 Å². The largest absolute Gasteiger partial charge is 0.481 e. The van der Waals surface area contributed by atoms with Gasteiger partial charge in [0.15, 0.2) is 17.5 Å². The highest BCUT2D eigenvalue weighted by molar-refractivity contribution is 5.67. The monoisotopic (exact) mass is 219 g/mol. The molecule has 0 fully saturated rings. The number of carbonyl (C=O) groups is 1. The van der Waals surface area contributed by atoms with E-state index >= 15 is 0 Å². The van der Waals surface area contributed by atoms with E-state index in [4.69, 9.17) is 10.8 Å². The van der Waals surface area contributed by atoms with Crippen molar-refractivity contribution in [1.82, 2.24) is 0 Å². The molecule has 1 rings (SSSR count). The normalized spacial score (nSPS) is 12.5. The number of hydrogen-bond donors (Lipinski definition) is 2. The van der Waals surface area contributed by atoms with Crippen molar-refractivity contribution in [2.45, 2.75) is 12.5 Å². The molecule has 0 saturated carbocycles. The van der Waals surface area contributed by atoms with Crippen molar-refractivity contribution in [2.24, 2.45) is 5.73 Å². The smallest absolute Gasteiger partial charge is 0.305 e. The summed E-state index contributed by atoms with van der Waals surface area (Å²) in [5.74, 6) is -5.56. The molecule has 3 N–H and O–H groups in total. The maximum absolute atomic E-state index is 12.7. The first-order valence-electron chi connectivity index (χ1n) is 4.03. The van der Waals surface area contributed by atoms with E-state index in [9.17, 15) is 18.0 Å². The van der Waals surface area contributed by atoms with Crippen molar-refractivity contribution in [3.8, 4) is 0 Å². The number of nitrogens with two attached hydrogens (primary N) is 1. The van der Waals surface area contributed by atoms with Gasteiger partial charge >= 0.3 is 5.97 Å². The zero-order valence-electron chi connectivity index (χ0n) is 7.51. The Morgan fingerprint density at radius 2 is 1.80 bits per heavy atom. The molecule has 0 aliphatic rings. The van der Waals surface area contributed by atoms with Gasteiger partial charge in [0.2, 0.25) is 0 Å². The van der Waals surface area contributed by atoms with Crippen molar-refractivity contribution in [1.29, 1.82) is 0 Å². The summed E-state index contributed by atoms with van der Waals surface area (Å²) in [6.07, 6.45) is -0.482. The van der Waals surface area contributed by atoms with Gasteiger partial charge in [0, 0.05) is 6.04 Å². The molecule has 0 heterocycles. The number of halogens is 3. The summed E-state index contributed by atoms with van der Waals surface area (Å²) in [5.41, 5.74) is 5.26. The summed E-state index contributed by atoms with van der Waals surface area (Å²) < 4.78 is 38.0. The third-order valence-electron chi connectivity index (χ3n) is 1.83. The first kappa shape index (κ1) is 11.5. The van der Waals surface area contributed by atoms with Gasteiger partial charge in [-0.2, -0.15) is 0 Å². The van der Waals surface area contributed by atoms with Crippen molar-refractivity contribution in [3.63, 3.8) is 0 Å². The molecule has 1 aromatic rings. The van der Waals surface area contributed by atoms with Gasteiger partial charge in [0.1, 0.15) is 0 Å². The van der Waals surface area contributed by atoms with E-state index < -0.39 is 35.9 Å². The predicted molar refractivity (Wildman–Crippen MR) is 45.5 cm³/mol. The number of aliphatic carboxylic acids is 1. The predicted octanol–water partition coefficient (Wildman–Crippen LogP) is 1.58. The maximum atomic E-state index is 12.7. The summed E-state index contributed by atoms with van der Waals surface area (Å²) in [4.78, 5) is 10.3. The molecule has 0 aliphatic heterocycles. The Morgan fingerprint density at radius 1 is 1.33 bits per heavy atom. The highest BCUT2D eigenvalue weighted by Crippen LogP contribution is 2.19. The second-order valence-corrected chi connectivity index (χ2v) is 3.00. The van der Waals surface area contributed by atoms with Crippen molar-refractivity contribution in [3.05, 3.63) is 35.1 Å². The number of carboxylic acids is 1. The van der Waals surface area contributed by atoms with Gasteiger partial charge in [-0.15, -0.1) is 0 Å². The average Bonchev–Trinajstić information content (AvgIpc) is 2.12. The van der Waals surface area contributed by atoms with Gasteiger partial charge < -0.3 is 10.8 Å². The fourth-order valence-electron chi connectivity index (χ4n) is 1.10. The Labute approximate surface area is 83.3 Å². The quantitative estimate of drug-likeness (QED) is 0.758. The van der Waals surface area contributed by atoms with Gasteiger partial charge in [0.05, 0.1) is 6.42 Å². The van der Waals surface area contributed by atoms with Crippen LogP contribution in [0.2, 0.25) is 0 Å². The zero-order valence-corrected chi connectivity index (χ0v) is 7.51. The Hall–Kier alpha value is -1.56. The third kappa shape index (κ3) is 2.69. The minimum Gasteiger partial charge on any atom is -0.481 e. The standard InChI is InChI=1S/C9H8F3NO2/c10-5-1-4(2-6(11)9(5)12)7(13)3-8(14)15/h1-2,7H,3,13H2,(H,14,15)/t7-/m0/s1. The van der Waals surface area contributed by atoms with Gasteiger partial charge in [-0.3, -0.25) is 4.79 Å². The summed E-state index contributed by atoms with van der Waals surface area (Å²) >= 11 is 0. The first-order chi connectivity index (χ1) is 6.91. The molecule has 0 bridgehead atoms. The van der Waals surface area contributed by atoms with E-state index in [2.05, 4.69) is 0 Å². The van der Waals surface area contributed by atoms with E-state index in [0.717, 1.165) is 0 Å². The van der Waals surface area contributed by atoms with Crippen LogP contribution in [-0.2, 0) is 4.79 Å². The lowest BCUT2D eigenvalue weighted by Gasteiger charge is -2.09. The Bertz CT molecular complexity index is 372. The molecule has 6 heteroatoms. The van der Waals surface area contributed by atoms with E-state index in [1.807, 2.05) is 0 Å². The molecule has 0 aromatic heterocycles. The molecular formula is C9H8F3NO2. The first-order valence-corrected chi connectivity index (χ1v) is 4.03. The van der Waals surface area contributed by atoms with Crippen LogP contribution in [0.4, 0.5) is 13.2 Å². The van der Waals surface area contributed by atoms with Crippen LogP contribution < -0.4 is 5.73 Å². The van der Waals surface area contributed by atoms with Gasteiger partial charge in [-0.1, -0.05) is 0 Å². The molecule has 0 radical (unpaired) electrons. The Kier molecular flexibility index (Phi) is 3.31. The number of benzene rings is 1. The molecule has 0 aliphatic carbocycles. The molecule has 15 heavy (non-hydrogen) atoms. The number of rotatable bonds is 3. The minimum atomic E-state index is -1.60. The van der Waals surface area contributed by atoms with Crippen molar-refractivity contribution in [2.75, 3.05) is 0 Å². The highest BCUT2D eigenvalue weighted by Gasteiger charge is 2.16. The van der Waals surface area contributed by atoms with Crippen LogP contribution in [0, 0.1) is 17.5 Å². The van der Waals surface area contributed by atoms with Gasteiger partial charge in [-0.25, -0.2) is 13.2 Å². The molecule has 0 saturated heterocycles. The zero-order chi connectivity index (χ0) is 11.6. The van der Waals surface area contributed by atoms with Crippen LogP contribution in [-0.4, -0.2) is 11.1 Å². The third-order valence-corrected chi connectivity index (χ3v) is 1.83. The number of hydrogen-bond acceptors (Lipinski definition) is 2. The number of carboxylic acid groups (broad SMARTS) is 1. The lowest BCUT2D eigenvalue weighted by atomic mass is 10.0. The van der Waals surface area contributed by atoms with Crippen LogP contribution in [0.25, 0.3) is 0 Å². The lowest BCUT2D eigenvalue weighted by molar-refractivity contribution is -0.137. The Morgan fingerprint density at radius 3 is 2.20 bits per heavy atom. The van der Waals surface area contributed by atoms with E-state index in [1.165, 1.54) is 0 Å². The Balaban J connectivity index is 3.00. The summed E-state index contributed by atoms with van der Waals surface area (Å²) in [6, 6.07) is 0.310. The lowest BCUT2D eigenvalue weighted by Crippen LogP contribution is -2.15. The molecule has 1 atom stereocenters. The van der Waals surface area contributed by atoms with Crippen LogP contribution >= 0.6 is 0 Å². The van der Waals surface area contributed by atoms with Gasteiger partial charge in [-0.05, 0) is 17.7 Å². The molecule has 1 aromatic carbocycles. The van der Waals surface area contributed by atoms with Crippen molar-refractivity contribution >= 4 is 5.97 Å². The van der Waals surface area contributed by atoms with E-state index in [-0.39, 0.29) is 5.56 Å². The summed E-state index contributed by atoms with van der Waals surface area (Å²) in [6.45, 7) is 0. The SMILES string of the molecule is N[C@@H](CC(=O)O)c1cc(F)c(F)c(F)c1. The van der Waals surface area contributed by atoms with E-state index in [0.29, 0.717) is 12.1 Å². The molecule has 3 nitrogen and oxygen atoms in total. The minimum absolute atomic E-state index is 0.0891. The van der Waals surface area contributed by atoms with Gasteiger partial charge in [0.25, 0.3) is 0 Å². The second-order valence-electron chi connectivity index (χ2n) is 3.00. The molecule has 0 unspecified atom stereocenters. The maximum Gasteiger partial charge on any atom is 0.305 e. The topological polar surface area (TPSA) is 63.3 Å². The van der Waals surface area contributed by atoms with E-state index in [1.54, 1.807) is 0 Å². The fourth-order valence-corrected chi connectivity index (χ4v) is 1.10. The molecular weight excluding hydrogens is 211 g/mol. The van der Waals surface area contributed by atoms with Crippen molar-refractivity contribution < 1.29 is 23.1 Å². The highest BCUT2D eigenvalue weighted by atomic mass is 19.2. The molecule has 0 amide bonds. The molecule has 0 spiro atoms. The van der Waals surface area contributed by atoms with Crippen LogP contribution in [0.15, 0.2) is 12.1 Å². The second kappa shape index (κ2) is 4.31. The average molecular weight is 219 g/mol. The van der Waals surface area contributed by atoms with Crippen LogP contribution in [0.1, 0.15) is 18.0 Å². The van der Waals surface area contributed by atoms with Crippen LogP contribution in [0.5, 0.6) is 0 Å². The summed E-state index contributed by atoms with van der Waals surface area (Å²) in [7, 11) is 0.